The third-order valence-electron chi connectivity index (χ3n) is 2.36. The van der Waals surface area contributed by atoms with Crippen molar-refractivity contribution in [2.75, 3.05) is 20.7 Å². The van der Waals surface area contributed by atoms with Gasteiger partial charge in [-0.3, -0.25) is 9.59 Å². The molecule has 0 saturated heterocycles. The largest absolute Gasteiger partial charge is 0.468 e. The average Bonchev–Trinajstić information content (AvgIpc) is 2.37. The molecule has 0 radical (unpaired) electrons. The Balaban J connectivity index is 2.76. The van der Waals surface area contributed by atoms with Gasteiger partial charge in [0.2, 0.25) is 5.91 Å². The molecule has 102 valence electrons. The summed E-state index contributed by atoms with van der Waals surface area (Å²) < 4.78 is 4.47. The Labute approximate surface area is 121 Å². The van der Waals surface area contributed by atoms with Gasteiger partial charge in [-0.2, -0.15) is 0 Å². The maximum Gasteiger partial charge on any atom is 0.325 e. The first kappa shape index (κ1) is 15.5. The predicted molar refractivity (Wildman–Crippen MR) is 75.1 cm³/mol. The minimum Gasteiger partial charge on any atom is -0.468 e. The second kappa shape index (κ2) is 7.16. The van der Waals surface area contributed by atoms with Crippen LogP contribution < -0.4 is 0 Å². The van der Waals surface area contributed by atoms with Crippen LogP contribution in [0.5, 0.6) is 0 Å². The quantitative estimate of drug-likeness (QED) is 0.634. The van der Waals surface area contributed by atoms with Crippen molar-refractivity contribution in [1.82, 2.24) is 4.90 Å². The van der Waals surface area contributed by atoms with E-state index < -0.39 is 5.97 Å². The van der Waals surface area contributed by atoms with Crippen LogP contribution in [0.4, 0.5) is 0 Å². The number of carbonyl (C=O) groups is 2. The van der Waals surface area contributed by atoms with Gasteiger partial charge in [0, 0.05) is 28.7 Å². The molecule has 0 aromatic heterocycles. The summed E-state index contributed by atoms with van der Waals surface area (Å²) in [5, 5.41) is 0.902. The summed E-state index contributed by atoms with van der Waals surface area (Å²) in [6.07, 6.45) is 2.82. The minimum absolute atomic E-state index is 0.115. The molecule has 0 heterocycles. The van der Waals surface area contributed by atoms with E-state index in [2.05, 4.69) is 4.74 Å². The summed E-state index contributed by atoms with van der Waals surface area (Å²) in [5.41, 5.74) is 0.561. The number of likely N-dealkylation sites (N-methyl/N-ethyl adjacent to an activating group) is 1. The summed E-state index contributed by atoms with van der Waals surface area (Å²) in [7, 11) is 2.76. The van der Waals surface area contributed by atoms with Crippen LogP contribution >= 0.6 is 23.2 Å². The van der Waals surface area contributed by atoms with Gasteiger partial charge in [-0.1, -0.05) is 29.3 Å². The molecule has 1 amide bonds. The Bertz CT molecular complexity index is 494. The molecule has 6 heteroatoms. The van der Waals surface area contributed by atoms with Gasteiger partial charge < -0.3 is 9.64 Å². The van der Waals surface area contributed by atoms with E-state index in [0.717, 1.165) is 0 Å². The van der Waals surface area contributed by atoms with E-state index in [9.17, 15) is 9.59 Å². The number of methoxy groups -OCH3 is 1. The maximum absolute atomic E-state index is 11.7. The molecule has 1 rings (SSSR count). The van der Waals surface area contributed by atoms with Crippen LogP contribution in [0.1, 0.15) is 5.56 Å². The molecule has 1 aromatic rings. The Morgan fingerprint density at radius 1 is 1.32 bits per heavy atom. The number of halogens is 2. The molecule has 0 fully saturated rings. The van der Waals surface area contributed by atoms with Gasteiger partial charge in [0.15, 0.2) is 0 Å². The Morgan fingerprint density at radius 2 is 1.89 bits per heavy atom. The highest BCUT2D eigenvalue weighted by atomic mass is 35.5. The maximum atomic E-state index is 11.7. The monoisotopic (exact) mass is 301 g/mol. The van der Waals surface area contributed by atoms with Crippen molar-refractivity contribution in [2.45, 2.75) is 0 Å². The lowest BCUT2D eigenvalue weighted by molar-refractivity contribution is -0.144. The van der Waals surface area contributed by atoms with Crippen LogP contribution in [0.15, 0.2) is 24.3 Å². The van der Waals surface area contributed by atoms with Gasteiger partial charge >= 0.3 is 5.97 Å². The highest BCUT2D eigenvalue weighted by Crippen LogP contribution is 2.25. The molecule has 0 aliphatic heterocycles. The van der Waals surface area contributed by atoms with Crippen LogP contribution in [0.2, 0.25) is 10.0 Å². The van der Waals surface area contributed by atoms with Crippen molar-refractivity contribution >= 4 is 41.2 Å². The number of ether oxygens (including phenoxy) is 1. The van der Waals surface area contributed by atoms with Crippen LogP contribution in [-0.4, -0.2) is 37.5 Å². The highest BCUT2D eigenvalue weighted by Gasteiger charge is 2.10. The van der Waals surface area contributed by atoms with Crippen LogP contribution in [0.3, 0.4) is 0 Å². The van der Waals surface area contributed by atoms with Crippen LogP contribution in [0.25, 0.3) is 6.08 Å². The van der Waals surface area contributed by atoms with Crippen LogP contribution in [0, 0.1) is 0 Å². The summed E-state index contributed by atoms with van der Waals surface area (Å²) >= 11 is 11.9. The van der Waals surface area contributed by atoms with Crippen molar-refractivity contribution in [3.8, 4) is 0 Å². The van der Waals surface area contributed by atoms with Crippen molar-refractivity contribution in [2.24, 2.45) is 0 Å². The van der Waals surface area contributed by atoms with Gasteiger partial charge in [-0.15, -0.1) is 0 Å². The number of hydrogen-bond acceptors (Lipinski definition) is 3. The Morgan fingerprint density at radius 3 is 2.42 bits per heavy atom. The second-order valence-corrected chi connectivity index (χ2v) is 4.55. The number of carbonyl (C=O) groups excluding carboxylic acids is 2. The third kappa shape index (κ3) is 4.58. The van der Waals surface area contributed by atoms with Gasteiger partial charge in [0.25, 0.3) is 0 Å². The van der Waals surface area contributed by atoms with E-state index in [4.69, 9.17) is 23.2 Å². The second-order valence-electron chi connectivity index (χ2n) is 3.74. The third-order valence-corrected chi connectivity index (χ3v) is 3.02. The zero-order chi connectivity index (χ0) is 14.4. The number of amides is 1. The molecule has 0 unspecified atom stereocenters. The molecule has 0 spiro atoms. The zero-order valence-corrected chi connectivity index (χ0v) is 12.0. The smallest absolute Gasteiger partial charge is 0.325 e. The fourth-order valence-electron chi connectivity index (χ4n) is 1.29. The van der Waals surface area contributed by atoms with Crippen molar-refractivity contribution in [1.29, 1.82) is 0 Å². The molecule has 19 heavy (non-hydrogen) atoms. The van der Waals surface area contributed by atoms with E-state index in [0.29, 0.717) is 15.6 Å². The molecule has 0 aliphatic carbocycles. The van der Waals surface area contributed by atoms with E-state index in [1.54, 1.807) is 18.2 Å². The first-order valence-electron chi connectivity index (χ1n) is 5.39. The lowest BCUT2D eigenvalue weighted by atomic mass is 10.2. The summed E-state index contributed by atoms with van der Waals surface area (Å²) in [5.74, 6) is -0.832. The molecule has 0 saturated carbocycles. The lowest BCUT2D eigenvalue weighted by Crippen LogP contribution is -2.31. The molecular weight excluding hydrogens is 289 g/mol. The van der Waals surface area contributed by atoms with Crippen molar-refractivity contribution in [3.05, 3.63) is 39.9 Å². The number of esters is 1. The van der Waals surface area contributed by atoms with Gasteiger partial charge in [0.05, 0.1) is 7.11 Å². The predicted octanol–water partition coefficient (Wildman–Crippen LogP) is 2.64. The molecule has 0 atom stereocenters. The fraction of sp³-hybridized carbons (Fsp3) is 0.231. The summed E-state index contributed by atoms with van der Waals surface area (Å²) in [6, 6.07) is 5.07. The Hall–Kier alpha value is -1.52. The average molecular weight is 302 g/mol. The topological polar surface area (TPSA) is 46.6 Å². The Kier molecular flexibility index (Phi) is 5.86. The van der Waals surface area contributed by atoms with Crippen LogP contribution in [-0.2, 0) is 14.3 Å². The number of hydrogen-bond donors (Lipinski definition) is 0. The molecule has 0 N–H and O–H groups in total. The molecular formula is C13H13Cl2NO3. The number of benzene rings is 1. The molecule has 0 aliphatic rings. The van der Waals surface area contributed by atoms with Gasteiger partial charge in [0.1, 0.15) is 6.54 Å². The van der Waals surface area contributed by atoms with Crippen molar-refractivity contribution < 1.29 is 14.3 Å². The molecule has 0 bridgehead atoms. The molecule has 4 nitrogen and oxygen atoms in total. The first-order valence-corrected chi connectivity index (χ1v) is 6.15. The molecule has 1 aromatic carbocycles. The minimum atomic E-state index is -0.486. The first-order chi connectivity index (χ1) is 8.95. The van der Waals surface area contributed by atoms with E-state index in [1.807, 2.05) is 0 Å². The lowest BCUT2D eigenvalue weighted by Gasteiger charge is -2.12. The number of rotatable bonds is 4. The standard InChI is InChI=1S/C13H13Cl2NO3/c1-16(8-13(18)19-2)12(17)7-6-9-10(14)4-3-5-11(9)15/h3-7H,8H2,1-2H3/b7-6+. The van der Waals surface area contributed by atoms with Gasteiger partial charge in [-0.25, -0.2) is 0 Å². The number of nitrogens with zero attached hydrogens (tertiary/aromatic N) is 1. The van der Waals surface area contributed by atoms with Crippen molar-refractivity contribution in [3.63, 3.8) is 0 Å². The fourth-order valence-corrected chi connectivity index (χ4v) is 1.81. The van der Waals surface area contributed by atoms with E-state index in [1.165, 1.54) is 31.2 Å². The van der Waals surface area contributed by atoms with Gasteiger partial charge in [-0.05, 0) is 18.2 Å². The van der Waals surface area contributed by atoms with E-state index >= 15 is 0 Å². The normalized spacial score (nSPS) is 10.5. The summed E-state index contributed by atoms with van der Waals surface area (Å²) in [6.45, 7) is -0.115. The summed E-state index contributed by atoms with van der Waals surface area (Å²) in [4.78, 5) is 24.0. The SMILES string of the molecule is COC(=O)CN(C)C(=O)/C=C/c1c(Cl)cccc1Cl. The van der Waals surface area contributed by atoms with E-state index in [-0.39, 0.29) is 12.5 Å². The zero-order valence-electron chi connectivity index (χ0n) is 10.5. The highest BCUT2D eigenvalue weighted by molar-refractivity contribution is 6.37.